The lowest BCUT2D eigenvalue weighted by atomic mass is 9.82. The summed E-state index contributed by atoms with van der Waals surface area (Å²) < 4.78 is 38.5. The predicted octanol–water partition coefficient (Wildman–Crippen LogP) is 11.3. The molecule has 64 heavy (non-hydrogen) atoms. The van der Waals surface area contributed by atoms with Crippen molar-refractivity contribution in [3.63, 3.8) is 0 Å². The average molecular weight is 894 g/mol. The van der Waals surface area contributed by atoms with E-state index in [-0.39, 0.29) is 34.4 Å². The van der Waals surface area contributed by atoms with Gasteiger partial charge in [0.2, 0.25) is 0 Å². The van der Waals surface area contributed by atoms with Gasteiger partial charge in [-0.25, -0.2) is 28.2 Å². The van der Waals surface area contributed by atoms with E-state index >= 15 is 0 Å². The van der Waals surface area contributed by atoms with Gasteiger partial charge in [-0.2, -0.15) is 0 Å². The molecule has 0 fully saturated rings. The number of hydrogen-bond acceptors (Lipinski definition) is 10. The Balaban J connectivity index is 1.17. The Labute approximate surface area is 378 Å². The van der Waals surface area contributed by atoms with Gasteiger partial charge in [0.05, 0.1) is 28.2 Å². The number of carbonyl (C=O) groups excluding carboxylic acids is 2. The second-order valence-electron chi connectivity index (χ2n) is 16.3. The Hall–Kier alpha value is -6.69. The van der Waals surface area contributed by atoms with Crippen LogP contribution in [0.5, 0.6) is 11.5 Å². The van der Waals surface area contributed by atoms with Crippen LogP contribution in [-0.2, 0) is 24.2 Å². The molecule has 7 aromatic rings. The first-order valence-corrected chi connectivity index (χ1v) is 23.0. The van der Waals surface area contributed by atoms with E-state index < -0.39 is 44.2 Å². The van der Waals surface area contributed by atoms with Gasteiger partial charge in [-0.15, -0.1) is 11.6 Å². The number of esters is 2. The summed E-state index contributed by atoms with van der Waals surface area (Å²) in [6.07, 6.45) is 0.886. The Morgan fingerprint density at radius 2 is 1.12 bits per heavy atom. The number of carbonyl (C=O) groups is 2. The molecule has 1 aromatic heterocycles. The van der Waals surface area contributed by atoms with Crippen LogP contribution in [0.1, 0.15) is 45.6 Å². The van der Waals surface area contributed by atoms with E-state index in [1.807, 2.05) is 123 Å². The molecule has 0 aliphatic heterocycles. The number of benzene rings is 6. The highest BCUT2D eigenvalue weighted by Crippen LogP contribution is 2.39. The molecule has 0 radical (unpaired) electrons. The molecule has 2 unspecified atom stereocenters. The lowest BCUT2D eigenvalue weighted by molar-refractivity contribution is -0.155. The molecule has 7 rings (SSSR count). The van der Waals surface area contributed by atoms with Gasteiger partial charge in [0.25, 0.3) is 0 Å². The van der Waals surface area contributed by atoms with Crippen molar-refractivity contribution in [2.24, 2.45) is 5.41 Å². The molecule has 0 amide bonds. The van der Waals surface area contributed by atoms with Gasteiger partial charge in [-0.1, -0.05) is 140 Å². The topological polar surface area (TPSA) is 146 Å². The third-order valence-electron chi connectivity index (χ3n) is 10.8. The van der Waals surface area contributed by atoms with Crippen molar-refractivity contribution in [1.29, 1.82) is 0 Å². The van der Waals surface area contributed by atoms with Crippen molar-refractivity contribution in [2.45, 2.75) is 56.7 Å². The SMILES string of the molecule is CCCCOC(=O)C(C)(CC(C)(Cl)C(=O)Oc1ccc(-c2nc(-c3ccc(-c4ccccc4)cc3)nc(-c3ccc(-c4ccccc4)cc3)n2)c(O)c1)CS(=O)(=O)c1ccc(C)cc1. The molecule has 10 nitrogen and oxygen atoms in total. The average Bonchev–Trinajstić information content (AvgIpc) is 3.29. The van der Waals surface area contributed by atoms with E-state index in [1.165, 1.54) is 44.2 Å². The van der Waals surface area contributed by atoms with E-state index in [2.05, 4.69) is 0 Å². The minimum atomic E-state index is -4.03. The molecular weight excluding hydrogens is 846 g/mol. The Morgan fingerprint density at radius 3 is 1.62 bits per heavy atom. The quantitative estimate of drug-likeness (QED) is 0.0430. The first-order valence-electron chi connectivity index (χ1n) is 20.9. The second kappa shape index (κ2) is 19.4. The number of aromatic hydroxyl groups is 1. The maximum absolute atomic E-state index is 13.8. The number of halogens is 1. The molecule has 326 valence electrons. The number of rotatable bonds is 16. The van der Waals surface area contributed by atoms with Gasteiger partial charge in [0.15, 0.2) is 27.3 Å². The van der Waals surface area contributed by atoms with Crippen molar-refractivity contribution in [2.75, 3.05) is 12.4 Å². The Bertz CT molecular complexity index is 2760. The van der Waals surface area contributed by atoms with Crippen LogP contribution >= 0.6 is 11.6 Å². The van der Waals surface area contributed by atoms with Gasteiger partial charge >= 0.3 is 11.9 Å². The summed E-state index contributed by atoms with van der Waals surface area (Å²) in [7, 11) is -4.03. The Morgan fingerprint density at radius 1 is 0.641 bits per heavy atom. The first-order chi connectivity index (χ1) is 30.6. The molecule has 0 aliphatic carbocycles. The van der Waals surface area contributed by atoms with E-state index in [4.69, 9.17) is 36.0 Å². The molecule has 0 saturated carbocycles. The summed E-state index contributed by atoms with van der Waals surface area (Å²) in [4.78, 5) is 40.0. The standard InChI is InChI=1S/C52H48ClN3O7S/c1-5-6-31-62-49(58)51(3,34-64(60,61)43-28-17-35(2)18-29-43)33-52(4,53)50(59)63-42-27-30-44(45(57)32-42)48-55-46(40-23-19-38(20-24-40)36-13-9-7-10-14-36)54-47(56-48)41-25-21-39(22-26-41)37-15-11-8-12-16-37/h7-30,32,57H,5-6,31,33-34H2,1-4H3. The molecule has 1 heterocycles. The molecule has 0 aliphatic rings. The van der Waals surface area contributed by atoms with Crippen LogP contribution < -0.4 is 4.74 Å². The predicted molar refractivity (Wildman–Crippen MR) is 250 cm³/mol. The van der Waals surface area contributed by atoms with Crippen molar-refractivity contribution < 1.29 is 32.6 Å². The molecule has 0 bridgehead atoms. The van der Waals surface area contributed by atoms with E-state index in [0.717, 1.165) is 45.4 Å². The van der Waals surface area contributed by atoms with Crippen LogP contribution in [0.15, 0.2) is 157 Å². The number of phenols is 1. The molecule has 6 aromatic carbocycles. The maximum atomic E-state index is 13.8. The van der Waals surface area contributed by atoms with Crippen LogP contribution in [0.25, 0.3) is 56.4 Å². The van der Waals surface area contributed by atoms with Gasteiger partial charge in [0, 0.05) is 17.2 Å². The summed E-state index contributed by atoms with van der Waals surface area (Å²) in [5, 5.41) is 11.5. The van der Waals surface area contributed by atoms with Crippen LogP contribution in [0.4, 0.5) is 0 Å². The number of unbranched alkanes of at least 4 members (excludes halogenated alkanes) is 1. The van der Waals surface area contributed by atoms with Crippen molar-refractivity contribution in [1.82, 2.24) is 15.0 Å². The zero-order chi connectivity index (χ0) is 45.5. The summed E-state index contributed by atoms with van der Waals surface area (Å²) in [6, 6.07) is 46.2. The summed E-state index contributed by atoms with van der Waals surface area (Å²) in [5.41, 5.74) is 5.00. The largest absolute Gasteiger partial charge is 0.507 e. The number of nitrogens with zero attached hydrogens (tertiary/aromatic N) is 3. The smallest absolute Gasteiger partial charge is 0.332 e. The fourth-order valence-corrected chi connectivity index (χ4v) is 9.45. The molecule has 0 saturated heterocycles. The Kier molecular flexibility index (Phi) is 13.7. The molecule has 0 spiro atoms. The highest BCUT2D eigenvalue weighted by atomic mass is 35.5. The zero-order valence-corrected chi connectivity index (χ0v) is 37.6. The number of aromatic nitrogens is 3. The molecule has 2 atom stereocenters. The van der Waals surface area contributed by atoms with Crippen LogP contribution in [0, 0.1) is 12.3 Å². The van der Waals surface area contributed by atoms with Gasteiger partial charge in [-0.05, 0) is 80.1 Å². The molecule has 1 N–H and O–H groups in total. The fourth-order valence-electron chi connectivity index (χ4n) is 7.34. The number of aryl methyl sites for hydroxylation is 1. The van der Waals surface area contributed by atoms with Crippen molar-refractivity contribution in [3.05, 3.63) is 157 Å². The van der Waals surface area contributed by atoms with Gasteiger partial charge in [0.1, 0.15) is 16.4 Å². The number of alkyl halides is 1. The third-order valence-corrected chi connectivity index (χ3v) is 13.1. The zero-order valence-electron chi connectivity index (χ0n) is 36.0. The van der Waals surface area contributed by atoms with Crippen LogP contribution in [-0.4, -0.2) is 57.6 Å². The van der Waals surface area contributed by atoms with E-state index in [0.29, 0.717) is 18.1 Å². The highest BCUT2D eigenvalue weighted by molar-refractivity contribution is 7.91. The first kappa shape index (κ1) is 45.3. The van der Waals surface area contributed by atoms with Crippen molar-refractivity contribution in [3.8, 4) is 67.9 Å². The normalized spacial score (nSPS) is 13.3. The summed E-state index contributed by atoms with van der Waals surface area (Å²) in [5.74, 6) is -1.86. The lowest BCUT2D eigenvalue weighted by Crippen LogP contribution is -2.46. The highest BCUT2D eigenvalue weighted by Gasteiger charge is 2.48. The number of sulfone groups is 1. The lowest BCUT2D eigenvalue weighted by Gasteiger charge is -2.32. The molecule has 12 heteroatoms. The third kappa shape index (κ3) is 10.7. The summed E-state index contributed by atoms with van der Waals surface area (Å²) >= 11 is 6.86. The van der Waals surface area contributed by atoms with Crippen molar-refractivity contribution >= 4 is 33.4 Å². The maximum Gasteiger partial charge on any atom is 0.332 e. The fraction of sp³-hybridized carbons (Fsp3) is 0.212. The van der Waals surface area contributed by atoms with Gasteiger partial charge in [-0.3, -0.25) is 4.79 Å². The number of hydrogen-bond donors (Lipinski definition) is 1. The van der Waals surface area contributed by atoms with E-state index in [9.17, 15) is 23.1 Å². The van der Waals surface area contributed by atoms with Gasteiger partial charge < -0.3 is 14.6 Å². The van der Waals surface area contributed by atoms with Crippen LogP contribution in [0.2, 0.25) is 0 Å². The van der Waals surface area contributed by atoms with E-state index in [1.54, 1.807) is 12.1 Å². The monoisotopic (exact) mass is 893 g/mol. The minimum absolute atomic E-state index is 0.0273. The second-order valence-corrected chi connectivity index (χ2v) is 19.1. The molecular formula is C52H48ClN3O7S. The minimum Gasteiger partial charge on any atom is -0.507 e. The summed E-state index contributed by atoms with van der Waals surface area (Å²) in [6.45, 7) is 6.63. The van der Waals surface area contributed by atoms with Crippen LogP contribution in [0.3, 0.4) is 0 Å². The number of ether oxygens (including phenoxy) is 2. The number of phenolic OH excluding ortho intramolecular Hbond substituents is 1.